The molecule has 6 heteroatoms. The van der Waals surface area contributed by atoms with Gasteiger partial charge < -0.3 is 4.74 Å². The van der Waals surface area contributed by atoms with Gasteiger partial charge in [-0.2, -0.15) is 0 Å². The highest BCUT2D eigenvalue weighted by Crippen LogP contribution is 2.37. The third-order valence-corrected chi connectivity index (χ3v) is 3.05. The average Bonchev–Trinajstić information content (AvgIpc) is 2.46. The van der Waals surface area contributed by atoms with Crippen LogP contribution in [0.4, 0.5) is 16.2 Å². The Morgan fingerprint density at radius 3 is 2.50 bits per heavy atom. The highest BCUT2D eigenvalue weighted by Gasteiger charge is 2.41. The summed E-state index contributed by atoms with van der Waals surface area (Å²) in [4.78, 5) is 23.3. The van der Waals surface area contributed by atoms with E-state index in [0.29, 0.717) is 5.69 Å². The third-order valence-electron chi connectivity index (χ3n) is 3.05. The number of nitrogens with zero attached hydrogens (tertiary/aromatic N) is 2. The van der Waals surface area contributed by atoms with Gasteiger partial charge in [-0.15, -0.1) is 0 Å². The van der Waals surface area contributed by atoms with Crippen LogP contribution in [0.3, 0.4) is 0 Å². The molecule has 0 saturated carbocycles. The smallest absolute Gasteiger partial charge is 0.419 e. The van der Waals surface area contributed by atoms with Crippen LogP contribution in [0.2, 0.25) is 0 Å². The van der Waals surface area contributed by atoms with Gasteiger partial charge in [0.25, 0.3) is 5.69 Å². The van der Waals surface area contributed by atoms with Crippen molar-refractivity contribution in [3.63, 3.8) is 0 Å². The summed E-state index contributed by atoms with van der Waals surface area (Å²) in [6, 6.07) is 15.1. The second kappa shape index (κ2) is 4.65. The first-order valence-electron chi connectivity index (χ1n) is 5.96. The maximum absolute atomic E-state index is 11.6. The number of non-ortho nitro benzene ring substituents is 1. The molecule has 0 aliphatic carbocycles. The van der Waals surface area contributed by atoms with E-state index in [0.717, 1.165) is 5.56 Å². The predicted octanol–water partition coefficient (Wildman–Crippen LogP) is 3.25. The second-order valence-corrected chi connectivity index (χ2v) is 4.29. The molecule has 1 heterocycles. The summed E-state index contributed by atoms with van der Waals surface area (Å²) in [5, 5.41) is 10.8. The van der Waals surface area contributed by atoms with Gasteiger partial charge in [-0.25, -0.2) is 9.69 Å². The number of rotatable bonds is 3. The lowest BCUT2D eigenvalue weighted by atomic mass is 10.1. The molecule has 0 aromatic heterocycles. The minimum atomic E-state index is -0.536. The van der Waals surface area contributed by atoms with Crippen molar-refractivity contribution in [1.29, 1.82) is 0 Å². The maximum atomic E-state index is 11.6. The SMILES string of the molecule is O=C1OC(c2ccccc2)N1c1cccc([N+](=O)[O-])c1. The van der Waals surface area contributed by atoms with Crippen LogP contribution in [0.25, 0.3) is 0 Å². The molecule has 100 valence electrons. The maximum Gasteiger partial charge on any atom is 0.419 e. The summed E-state index contributed by atoms with van der Waals surface area (Å²) in [6.45, 7) is 0. The van der Waals surface area contributed by atoms with Crippen LogP contribution in [-0.2, 0) is 4.74 Å². The zero-order valence-corrected chi connectivity index (χ0v) is 10.3. The quantitative estimate of drug-likeness (QED) is 0.634. The molecular weight excluding hydrogens is 260 g/mol. The van der Waals surface area contributed by atoms with E-state index >= 15 is 0 Å². The van der Waals surface area contributed by atoms with Gasteiger partial charge in [0.15, 0.2) is 0 Å². The van der Waals surface area contributed by atoms with Crippen molar-refractivity contribution in [1.82, 2.24) is 0 Å². The van der Waals surface area contributed by atoms with Gasteiger partial charge in [-0.3, -0.25) is 10.1 Å². The topological polar surface area (TPSA) is 72.7 Å². The van der Waals surface area contributed by atoms with Crippen LogP contribution in [0.5, 0.6) is 0 Å². The van der Waals surface area contributed by atoms with E-state index in [1.54, 1.807) is 12.1 Å². The van der Waals surface area contributed by atoms with Crippen LogP contribution in [0.15, 0.2) is 54.6 Å². The molecular formula is C14H10N2O4. The Morgan fingerprint density at radius 2 is 1.85 bits per heavy atom. The van der Waals surface area contributed by atoms with Crippen molar-refractivity contribution in [2.45, 2.75) is 6.23 Å². The fraction of sp³-hybridized carbons (Fsp3) is 0.0714. The van der Waals surface area contributed by atoms with Crippen molar-refractivity contribution in [2.75, 3.05) is 4.90 Å². The molecule has 1 unspecified atom stereocenters. The molecule has 20 heavy (non-hydrogen) atoms. The van der Waals surface area contributed by atoms with Gasteiger partial charge in [-0.05, 0) is 6.07 Å². The van der Waals surface area contributed by atoms with Gasteiger partial charge in [0.2, 0.25) is 6.23 Å². The number of anilines is 1. The van der Waals surface area contributed by atoms with E-state index in [1.165, 1.54) is 17.0 Å². The molecule has 1 fully saturated rings. The molecule has 6 nitrogen and oxygen atoms in total. The predicted molar refractivity (Wildman–Crippen MR) is 71.2 cm³/mol. The largest absolute Gasteiger partial charge is 0.420 e. The average molecular weight is 270 g/mol. The van der Waals surface area contributed by atoms with E-state index < -0.39 is 17.2 Å². The number of benzene rings is 2. The van der Waals surface area contributed by atoms with Gasteiger partial charge >= 0.3 is 6.09 Å². The van der Waals surface area contributed by atoms with Crippen LogP contribution in [0, 0.1) is 10.1 Å². The molecule has 2 aromatic carbocycles. The fourth-order valence-electron chi connectivity index (χ4n) is 2.08. The Morgan fingerprint density at radius 1 is 1.10 bits per heavy atom. The molecule has 2 aromatic rings. The van der Waals surface area contributed by atoms with Crippen molar-refractivity contribution < 1.29 is 14.5 Å². The lowest BCUT2D eigenvalue weighted by Gasteiger charge is -2.39. The minimum Gasteiger partial charge on any atom is -0.420 e. The van der Waals surface area contributed by atoms with E-state index in [4.69, 9.17) is 4.74 Å². The highest BCUT2D eigenvalue weighted by atomic mass is 16.6. The van der Waals surface area contributed by atoms with Crippen molar-refractivity contribution in [3.8, 4) is 0 Å². The number of nitro benzene ring substituents is 1. The van der Waals surface area contributed by atoms with Crippen LogP contribution < -0.4 is 4.90 Å². The van der Waals surface area contributed by atoms with E-state index in [9.17, 15) is 14.9 Å². The summed E-state index contributed by atoms with van der Waals surface area (Å²) in [5.41, 5.74) is 1.21. The number of carbonyl (C=O) groups is 1. The molecule has 0 spiro atoms. The molecule has 1 saturated heterocycles. The minimum absolute atomic E-state index is 0.0611. The Hall–Kier alpha value is -2.89. The van der Waals surface area contributed by atoms with Crippen molar-refractivity contribution in [2.24, 2.45) is 0 Å². The summed E-state index contributed by atoms with van der Waals surface area (Å²) in [5.74, 6) is 0. The number of hydrogen-bond acceptors (Lipinski definition) is 4. The van der Waals surface area contributed by atoms with Gasteiger partial charge in [0.1, 0.15) is 0 Å². The monoisotopic (exact) mass is 270 g/mol. The van der Waals surface area contributed by atoms with Crippen LogP contribution >= 0.6 is 0 Å². The molecule has 0 radical (unpaired) electrons. The number of amides is 1. The zero-order valence-electron chi connectivity index (χ0n) is 10.3. The first-order valence-corrected chi connectivity index (χ1v) is 5.96. The molecule has 1 amide bonds. The molecule has 0 bridgehead atoms. The number of ether oxygens (including phenoxy) is 1. The molecule has 1 aliphatic heterocycles. The molecule has 1 atom stereocenters. The Kier molecular flexibility index (Phi) is 2.83. The van der Waals surface area contributed by atoms with E-state index in [1.807, 2.05) is 30.3 Å². The fourth-order valence-corrected chi connectivity index (χ4v) is 2.08. The normalized spacial score (nSPS) is 17.3. The summed E-state index contributed by atoms with van der Waals surface area (Å²) < 4.78 is 5.11. The number of carbonyl (C=O) groups excluding carboxylic acids is 1. The van der Waals surface area contributed by atoms with Crippen molar-refractivity contribution in [3.05, 3.63) is 70.3 Å². The van der Waals surface area contributed by atoms with E-state index in [2.05, 4.69) is 0 Å². The number of cyclic esters (lactones) is 1. The molecule has 1 aliphatic rings. The zero-order chi connectivity index (χ0) is 14.1. The van der Waals surface area contributed by atoms with Gasteiger partial charge in [0.05, 0.1) is 10.6 Å². The summed E-state index contributed by atoms with van der Waals surface area (Å²) in [6.07, 6.45) is -1.05. The van der Waals surface area contributed by atoms with Gasteiger partial charge in [-0.1, -0.05) is 36.4 Å². The highest BCUT2D eigenvalue weighted by molar-refractivity contribution is 5.93. The second-order valence-electron chi connectivity index (χ2n) is 4.29. The van der Waals surface area contributed by atoms with Crippen LogP contribution in [0.1, 0.15) is 11.8 Å². The first kappa shape index (κ1) is 12.2. The van der Waals surface area contributed by atoms with Gasteiger partial charge in [0, 0.05) is 17.7 Å². The third kappa shape index (κ3) is 1.97. The summed E-state index contributed by atoms with van der Waals surface area (Å²) >= 11 is 0. The molecule has 0 N–H and O–H groups in total. The Bertz CT molecular complexity index is 672. The lowest BCUT2D eigenvalue weighted by molar-refractivity contribution is -0.384. The van der Waals surface area contributed by atoms with E-state index in [-0.39, 0.29) is 5.69 Å². The van der Waals surface area contributed by atoms with Crippen molar-refractivity contribution >= 4 is 17.5 Å². The number of hydrogen-bond donors (Lipinski definition) is 0. The summed E-state index contributed by atoms with van der Waals surface area (Å²) in [7, 11) is 0. The van der Waals surface area contributed by atoms with Crippen LogP contribution in [-0.4, -0.2) is 11.0 Å². The number of nitro groups is 1. The molecule has 3 rings (SSSR count). The standard InChI is InChI=1S/C14H10N2O4/c17-14-15(11-7-4-8-12(9-11)16(18)19)13(20-14)10-5-2-1-3-6-10/h1-9,13H. The lowest BCUT2D eigenvalue weighted by Crippen LogP contribution is -2.48. The Labute approximate surface area is 114 Å². The first-order chi connectivity index (χ1) is 9.66. The Balaban J connectivity index is 1.94.